The number of nitrogen functional groups attached to an aromatic ring is 1. The maximum absolute atomic E-state index is 5.66. The summed E-state index contributed by atoms with van der Waals surface area (Å²) in [6.07, 6.45) is 2.30. The van der Waals surface area contributed by atoms with Crippen LogP contribution in [0, 0.1) is 6.92 Å². The molecular formula is C9H9BrN4S. The van der Waals surface area contributed by atoms with Gasteiger partial charge >= 0.3 is 0 Å². The molecule has 0 saturated carbocycles. The molecule has 0 radical (unpaired) electrons. The van der Waals surface area contributed by atoms with E-state index in [4.69, 9.17) is 5.73 Å². The molecule has 2 N–H and O–H groups in total. The van der Waals surface area contributed by atoms with E-state index in [0.29, 0.717) is 18.1 Å². The fourth-order valence-corrected chi connectivity index (χ4v) is 2.08. The molecule has 2 heterocycles. The quantitative estimate of drug-likeness (QED) is 0.918. The van der Waals surface area contributed by atoms with Crippen LogP contribution in [0.15, 0.2) is 16.0 Å². The molecule has 0 bridgehead atoms. The summed E-state index contributed by atoms with van der Waals surface area (Å²) in [5, 5.41) is 3.02. The molecule has 6 heteroatoms. The first-order valence-electron chi connectivity index (χ1n) is 4.33. The van der Waals surface area contributed by atoms with Crippen LogP contribution in [0.4, 0.5) is 5.82 Å². The van der Waals surface area contributed by atoms with E-state index in [1.54, 1.807) is 17.5 Å². The van der Waals surface area contributed by atoms with E-state index < -0.39 is 0 Å². The van der Waals surface area contributed by atoms with E-state index in [2.05, 4.69) is 30.9 Å². The lowest BCUT2D eigenvalue weighted by Crippen LogP contribution is -2.00. The summed E-state index contributed by atoms with van der Waals surface area (Å²) in [4.78, 5) is 12.7. The van der Waals surface area contributed by atoms with Gasteiger partial charge in [0.1, 0.15) is 16.6 Å². The molecule has 2 aromatic rings. The van der Waals surface area contributed by atoms with E-state index in [9.17, 15) is 0 Å². The first-order valence-corrected chi connectivity index (χ1v) is 6.00. The fraction of sp³-hybridized carbons (Fsp3) is 0.222. The molecule has 4 nitrogen and oxygen atoms in total. The van der Waals surface area contributed by atoms with E-state index in [1.807, 2.05) is 12.3 Å². The van der Waals surface area contributed by atoms with Gasteiger partial charge in [-0.1, -0.05) is 0 Å². The predicted octanol–water partition coefficient (Wildman–Crippen LogP) is 2.18. The number of thiazole rings is 1. The summed E-state index contributed by atoms with van der Waals surface area (Å²) in [5.41, 5.74) is 6.69. The van der Waals surface area contributed by atoms with Crippen molar-refractivity contribution in [3.63, 3.8) is 0 Å². The monoisotopic (exact) mass is 284 g/mol. The second-order valence-corrected chi connectivity index (χ2v) is 4.88. The van der Waals surface area contributed by atoms with Gasteiger partial charge in [0.15, 0.2) is 0 Å². The van der Waals surface area contributed by atoms with Gasteiger partial charge in [0, 0.05) is 17.3 Å². The molecule has 0 saturated heterocycles. The maximum Gasteiger partial charge on any atom is 0.141 e. The van der Waals surface area contributed by atoms with Crippen LogP contribution in [0.3, 0.4) is 0 Å². The lowest BCUT2D eigenvalue weighted by Gasteiger charge is -1.99. The highest BCUT2D eigenvalue weighted by atomic mass is 79.9. The SMILES string of the molecule is Cc1csc(Cc2ncc(Br)c(N)n2)n1. The minimum absolute atomic E-state index is 0.466. The number of aromatic nitrogens is 3. The number of aryl methyl sites for hydroxylation is 1. The molecule has 0 aliphatic rings. The zero-order chi connectivity index (χ0) is 10.8. The lowest BCUT2D eigenvalue weighted by molar-refractivity contribution is 0.952. The molecule has 78 valence electrons. The van der Waals surface area contributed by atoms with Crippen LogP contribution in [0.1, 0.15) is 16.5 Å². The van der Waals surface area contributed by atoms with Crippen LogP contribution in [-0.4, -0.2) is 15.0 Å². The van der Waals surface area contributed by atoms with E-state index in [1.165, 1.54) is 0 Å². The normalized spacial score (nSPS) is 10.5. The highest BCUT2D eigenvalue weighted by Crippen LogP contribution is 2.17. The molecule has 2 rings (SSSR count). The van der Waals surface area contributed by atoms with Gasteiger partial charge in [0.2, 0.25) is 0 Å². The van der Waals surface area contributed by atoms with Gasteiger partial charge in [0.25, 0.3) is 0 Å². The van der Waals surface area contributed by atoms with E-state index in [-0.39, 0.29) is 0 Å². The molecule has 0 aliphatic heterocycles. The number of anilines is 1. The Hall–Kier alpha value is -1.01. The first-order chi connectivity index (χ1) is 7.15. The Morgan fingerprint density at radius 1 is 1.47 bits per heavy atom. The third-order valence-electron chi connectivity index (χ3n) is 1.80. The van der Waals surface area contributed by atoms with Crippen LogP contribution < -0.4 is 5.73 Å². The smallest absolute Gasteiger partial charge is 0.141 e. The molecule has 0 amide bonds. The van der Waals surface area contributed by atoms with Crippen LogP contribution >= 0.6 is 27.3 Å². The van der Waals surface area contributed by atoms with Gasteiger partial charge in [-0.25, -0.2) is 15.0 Å². The highest BCUT2D eigenvalue weighted by Gasteiger charge is 2.05. The lowest BCUT2D eigenvalue weighted by atomic mass is 10.4. The number of hydrogen-bond acceptors (Lipinski definition) is 5. The predicted molar refractivity (Wildman–Crippen MR) is 63.8 cm³/mol. The van der Waals surface area contributed by atoms with E-state index in [0.717, 1.165) is 15.2 Å². The summed E-state index contributed by atoms with van der Waals surface area (Å²) >= 11 is 4.87. The second kappa shape index (κ2) is 4.24. The third-order valence-corrected chi connectivity index (χ3v) is 3.37. The topological polar surface area (TPSA) is 64.7 Å². The largest absolute Gasteiger partial charge is 0.383 e. The molecule has 0 aliphatic carbocycles. The van der Waals surface area contributed by atoms with Crippen molar-refractivity contribution in [3.8, 4) is 0 Å². The molecule has 15 heavy (non-hydrogen) atoms. The van der Waals surface area contributed by atoms with Crippen molar-refractivity contribution in [2.75, 3.05) is 5.73 Å². The van der Waals surface area contributed by atoms with Crippen LogP contribution in [0.2, 0.25) is 0 Å². The molecule has 2 aromatic heterocycles. The van der Waals surface area contributed by atoms with E-state index >= 15 is 0 Å². The van der Waals surface area contributed by atoms with Gasteiger partial charge in [-0.05, 0) is 22.9 Å². The molecule has 0 unspecified atom stereocenters. The first kappa shape index (κ1) is 10.5. The molecule has 0 spiro atoms. The summed E-state index contributed by atoms with van der Waals surface area (Å²) in [6.45, 7) is 1.97. The Kier molecular flexibility index (Phi) is 2.97. The summed E-state index contributed by atoms with van der Waals surface area (Å²) < 4.78 is 0.724. The molecule has 0 atom stereocenters. The molecule has 0 aromatic carbocycles. The number of halogens is 1. The highest BCUT2D eigenvalue weighted by molar-refractivity contribution is 9.10. The van der Waals surface area contributed by atoms with Crippen LogP contribution in [-0.2, 0) is 6.42 Å². The Balaban J connectivity index is 2.21. The Morgan fingerprint density at radius 3 is 2.87 bits per heavy atom. The minimum Gasteiger partial charge on any atom is -0.383 e. The van der Waals surface area contributed by atoms with Crippen molar-refractivity contribution >= 4 is 33.1 Å². The van der Waals surface area contributed by atoms with Gasteiger partial charge < -0.3 is 5.73 Å². The summed E-state index contributed by atoms with van der Waals surface area (Å²) in [6, 6.07) is 0. The zero-order valence-electron chi connectivity index (χ0n) is 8.07. The van der Waals surface area contributed by atoms with Crippen molar-refractivity contribution in [3.05, 3.63) is 32.6 Å². The van der Waals surface area contributed by atoms with Crippen molar-refractivity contribution in [2.24, 2.45) is 0 Å². The van der Waals surface area contributed by atoms with Gasteiger partial charge in [0.05, 0.1) is 10.9 Å². The van der Waals surface area contributed by atoms with Crippen molar-refractivity contribution < 1.29 is 0 Å². The Morgan fingerprint density at radius 2 is 2.27 bits per heavy atom. The number of nitrogens with zero attached hydrogens (tertiary/aromatic N) is 3. The molecule has 0 fully saturated rings. The van der Waals surface area contributed by atoms with Crippen molar-refractivity contribution in [1.29, 1.82) is 0 Å². The van der Waals surface area contributed by atoms with Crippen molar-refractivity contribution in [1.82, 2.24) is 15.0 Å². The van der Waals surface area contributed by atoms with Gasteiger partial charge in [-0.3, -0.25) is 0 Å². The maximum atomic E-state index is 5.66. The standard InChI is InChI=1S/C9H9BrN4S/c1-5-4-15-8(13-5)2-7-12-3-6(10)9(11)14-7/h3-4H,2H2,1H3,(H2,11,12,14). The number of hydrogen-bond donors (Lipinski definition) is 1. The molecular weight excluding hydrogens is 276 g/mol. The average molecular weight is 285 g/mol. The van der Waals surface area contributed by atoms with Crippen LogP contribution in [0.25, 0.3) is 0 Å². The zero-order valence-corrected chi connectivity index (χ0v) is 10.5. The van der Waals surface area contributed by atoms with Crippen molar-refractivity contribution in [2.45, 2.75) is 13.3 Å². The minimum atomic E-state index is 0.466. The van der Waals surface area contributed by atoms with Crippen LogP contribution in [0.5, 0.6) is 0 Å². The average Bonchev–Trinajstić information content (AvgIpc) is 2.58. The number of nitrogens with two attached hydrogens (primary N) is 1. The second-order valence-electron chi connectivity index (χ2n) is 3.08. The summed E-state index contributed by atoms with van der Waals surface area (Å²) in [5.74, 6) is 1.17. The Labute approximate surface area is 99.7 Å². The Bertz CT molecular complexity index is 483. The summed E-state index contributed by atoms with van der Waals surface area (Å²) in [7, 11) is 0. The van der Waals surface area contributed by atoms with Gasteiger partial charge in [-0.15, -0.1) is 11.3 Å². The fourth-order valence-electron chi connectivity index (χ4n) is 1.12. The third kappa shape index (κ3) is 2.51. The van der Waals surface area contributed by atoms with Gasteiger partial charge in [-0.2, -0.15) is 0 Å². The number of rotatable bonds is 2.